The number of esters is 1. The van der Waals surface area contributed by atoms with Crippen LogP contribution in [0.5, 0.6) is 0 Å². The van der Waals surface area contributed by atoms with Gasteiger partial charge in [0.2, 0.25) is 0 Å². The molecule has 0 aromatic carbocycles. The quantitative estimate of drug-likeness (QED) is 0.207. The van der Waals surface area contributed by atoms with Crippen LogP contribution in [-0.4, -0.2) is 33.3 Å². The molecule has 0 bridgehead atoms. The third-order valence-corrected chi connectivity index (χ3v) is 8.72. The largest absolute Gasteiger partial charge is 0.463 e. The molecule has 23 heavy (non-hydrogen) atoms. The molecule has 0 unspecified atom stereocenters. The van der Waals surface area contributed by atoms with Crippen LogP contribution in [0.3, 0.4) is 0 Å². The first-order chi connectivity index (χ1) is 10.5. The van der Waals surface area contributed by atoms with Crippen LogP contribution in [0.25, 0.3) is 0 Å². The van der Waals surface area contributed by atoms with Crippen LogP contribution in [0.4, 0.5) is 0 Å². The number of aldehydes is 1. The first kappa shape index (κ1) is 21.8. The van der Waals surface area contributed by atoms with E-state index in [4.69, 9.17) is 9.16 Å². The molecule has 0 spiro atoms. The Labute approximate surface area is 142 Å². The first-order valence-corrected chi connectivity index (χ1v) is 11.1. The zero-order valence-corrected chi connectivity index (χ0v) is 16.6. The monoisotopic (exact) mass is 340 g/mol. The molecule has 0 aromatic rings. The van der Waals surface area contributed by atoms with Gasteiger partial charge in [-0.2, -0.15) is 0 Å². The highest BCUT2D eigenvalue weighted by Crippen LogP contribution is 2.38. The maximum atomic E-state index is 11.2. The Morgan fingerprint density at radius 2 is 1.83 bits per heavy atom. The Morgan fingerprint density at radius 1 is 1.22 bits per heavy atom. The molecule has 0 rings (SSSR count). The van der Waals surface area contributed by atoms with E-state index in [1.165, 1.54) is 6.08 Å². The Kier molecular flexibility index (Phi) is 9.31. The summed E-state index contributed by atoms with van der Waals surface area (Å²) in [6.07, 6.45) is 7.94. The smallest absolute Gasteiger partial charge is 0.330 e. The molecular formula is C18H32O4Si. The minimum Gasteiger partial charge on any atom is -0.463 e. The van der Waals surface area contributed by atoms with Crippen molar-refractivity contribution in [2.24, 2.45) is 5.92 Å². The zero-order chi connectivity index (χ0) is 18.1. The van der Waals surface area contributed by atoms with Crippen LogP contribution >= 0.6 is 0 Å². The van der Waals surface area contributed by atoms with Crippen molar-refractivity contribution in [3.05, 3.63) is 24.3 Å². The number of hydrogen-bond acceptors (Lipinski definition) is 4. The third-order valence-electron chi connectivity index (χ3n) is 4.21. The molecule has 0 aliphatic carbocycles. The van der Waals surface area contributed by atoms with Gasteiger partial charge in [0.05, 0.1) is 12.7 Å². The molecule has 4 nitrogen and oxygen atoms in total. The molecule has 0 amide bonds. The van der Waals surface area contributed by atoms with E-state index in [2.05, 4.69) is 33.9 Å². The summed E-state index contributed by atoms with van der Waals surface area (Å²) in [5.41, 5.74) is 0. The van der Waals surface area contributed by atoms with Crippen molar-refractivity contribution in [2.75, 3.05) is 6.61 Å². The van der Waals surface area contributed by atoms with Gasteiger partial charge in [0.15, 0.2) is 8.32 Å². The molecular weight excluding hydrogens is 308 g/mol. The second-order valence-electron chi connectivity index (χ2n) is 7.17. The third kappa shape index (κ3) is 8.28. The van der Waals surface area contributed by atoms with Gasteiger partial charge >= 0.3 is 5.97 Å². The summed E-state index contributed by atoms with van der Waals surface area (Å²) in [4.78, 5) is 22.2. The Balaban J connectivity index is 4.83. The maximum absolute atomic E-state index is 11.2. The van der Waals surface area contributed by atoms with Gasteiger partial charge in [0.1, 0.15) is 6.29 Å². The van der Waals surface area contributed by atoms with Gasteiger partial charge in [-0.1, -0.05) is 45.9 Å². The molecule has 132 valence electrons. The van der Waals surface area contributed by atoms with Gasteiger partial charge in [-0.25, -0.2) is 4.79 Å². The fourth-order valence-corrected chi connectivity index (χ4v) is 3.13. The molecule has 0 heterocycles. The molecule has 0 N–H and O–H groups in total. The number of carbonyl (C=O) groups is 2. The SMILES string of the molecule is CCOC(=O)/C=C/C=C/[C@@H](C)[C@H](CC=O)O[Si](C)(C)C(C)(C)C. The molecule has 0 saturated carbocycles. The number of carbonyl (C=O) groups excluding carboxylic acids is 2. The van der Waals surface area contributed by atoms with E-state index < -0.39 is 8.32 Å². The Morgan fingerprint density at radius 3 is 2.30 bits per heavy atom. The van der Waals surface area contributed by atoms with Crippen LogP contribution in [0.15, 0.2) is 24.3 Å². The average molecular weight is 341 g/mol. The summed E-state index contributed by atoms with van der Waals surface area (Å²) in [5, 5.41) is 0.0986. The molecule has 5 heteroatoms. The molecule has 0 aliphatic rings. The minimum absolute atomic E-state index is 0.0844. The van der Waals surface area contributed by atoms with Crippen molar-refractivity contribution in [2.45, 2.75) is 65.3 Å². The van der Waals surface area contributed by atoms with Gasteiger partial charge in [0.25, 0.3) is 0 Å². The predicted octanol–water partition coefficient (Wildman–Crippen LogP) is 4.28. The van der Waals surface area contributed by atoms with Crippen molar-refractivity contribution < 1.29 is 18.8 Å². The van der Waals surface area contributed by atoms with E-state index in [1.54, 1.807) is 19.1 Å². The fourth-order valence-electron chi connectivity index (χ4n) is 1.71. The highest BCUT2D eigenvalue weighted by atomic mass is 28.4. The van der Waals surface area contributed by atoms with Crippen LogP contribution < -0.4 is 0 Å². The topological polar surface area (TPSA) is 52.6 Å². The maximum Gasteiger partial charge on any atom is 0.330 e. The van der Waals surface area contributed by atoms with E-state index in [0.29, 0.717) is 13.0 Å². The summed E-state index contributed by atoms with van der Waals surface area (Å²) < 4.78 is 11.2. The second kappa shape index (κ2) is 9.83. The number of allylic oxidation sites excluding steroid dienone is 2. The minimum atomic E-state index is -1.93. The average Bonchev–Trinajstić information content (AvgIpc) is 2.41. The van der Waals surface area contributed by atoms with Crippen molar-refractivity contribution >= 4 is 20.6 Å². The van der Waals surface area contributed by atoms with E-state index in [9.17, 15) is 9.59 Å². The van der Waals surface area contributed by atoms with E-state index in [0.717, 1.165) is 6.29 Å². The number of hydrogen-bond donors (Lipinski definition) is 0. The normalized spacial score (nSPS) is 15.8. The van der Waals surface area contributed by atoms with Crippen molar-refractivity contribution in [1.29, 1.82) is 0 Å². The Bertz CT molecular complexity index is 433. The summed E-state index contributed by atoms with van der Waals surface area (Å²) in [6, 6.07) is 0. The molecule has 0 radical (unpaired) electrons. The highest BCUT2D eigenvalue weighted by Gasteiger charge is 2.39. The van der Waals surface area contributed by atoms with E-state index >= 15 is 0 Å². The van der Waals surface area contributed by atoms with Crippen LogP contribution in [0.1, 0.15) is 41.0 Å². The van der Waals surface area contributed by atoms with Crippen LogP contribution in [0.2, 0.25) is 18.1 Å². The van der Waals surface area contributed by atoms with Gasteiger partial charge in [-0.3, -0.25) is 0 Å². The molecule has 0 saturated heterocycles. The summed E-state index contributed by atoms with van der Waals surface area (Å²) in [6.45, 7) is 15.1. The lowest BCUT2D eigenvalue weighted by molar-refractivity contribution is -0.137. The standard InChI is InChI=1S/C18H32O4Si/c1-8-21-17(20)12-10-9-11-15(2)16(13-14-19)22-23(6,7)18(3,4)5/h9-12,14-16H,8,13H2,1-7H3/b11-9+,12-10+/t15-,16+/m1/s1. The molecule has 2 atom stereocenters. The lowest BCUT2D eigenvalue weighted by atomic mass is 10.0. The van der Waals surface area contributed by atoms with Gasteiger partial charge < -0.3 is 14.0 Å². The van der Waals surface area contributed by atoms with Crippen molar-refractivity contribution in [1.82, 2.24) is 0 Å². The lowest BCUT2D eigenvalue weighted by Crippen LogP contribution is -2.45. The fraction of sp³-hybridized carbons (Fsp3) is 0.667. The summed E-state index contributed by atoms with van der Waals surface area (Å²) >= 11 is 0. The van der Waals surface area contributed by atoms with E-state index in [-0.39, 0.29) is 23.0 Å². The molecule has 0 aromatic heterocycles. The summed E-state index contributed by atoms with van der Waals surface area (Å²) in [5.74, 6) is -0.270. The number of rotatable bonds is 9. The van der Waals surface area contributed by atoms with E-state index in [1.807, 2.05) is 13.0 Å². The van der Waals surface area contributed by atoms with Crippen molar-refractivity contribution in [3.8, 4) is 0 Å². The zero-order valence-electron chi connectivity index (χ0n) is 15.6. The van der Waals surface area contributed by atoms with Crippen molar-refractivity contribution in [3.63, 3.8) is 0 Å². The lowest BCUT2D eigenvalue weighted by Gasteiger charge is -2.40. The Hall–Kier alpha value is -1.20. The van der Waals surface area contributed by atoms with Crippen LogP contribution in [0, 0.1) is 5.92 Å². The first-order valence-electron chi connectivity index (χ1n) is 8.18. The number of ether oxygens (including phenoxy) is 1. The van der Waals surface area contributed by atoms with Crippen LogP contribution in [-0.2, 0) is 18.8 Å². The van der Waals surface area contributed by atoms with Gasteiger partial charge in [-0.05, 0) is 31.0 Å². The van der Waals surface area contributed by atoms with Gasteiger partial charge in [-0.15, -0.1) is 0 Å². The predicted molar refractivity (Wildman–Crippen MR) is 96.8 cm³/mol. The molecule has 0 fully saturated rings. The molecule has 0 aliphatic heterocycles. The summed E-state index contributed by atoms with van der Waals surface area (Å²) in [7, 11) is -1.93. The second-order valence-corrected chi connectivity index (χ2v) is 11.9. The van der Waals surface area contributed by atoms with Gasteiger partial charge in [0, 0.05) is 12.5 Å². The highest BCUT2D eigenvalue weighted by molar-refractivity contribution is 6.74.